The maximum atomic E-state index is 12.6. The van der Waals surface area contributed by atoms with Crippen LogP contribution in [0.1, 0.15) is 83.9 Å². The fourth-order valence-electron chi connectivity index (χ4n) is 3.90. The third kappa shape index (κ3) is 5.07. The van der Waals surface area contributed by atoms with Gasteiger partial charge in [-0.3, -0.25) is 19.3 Å². The molecular weight excluding hydrogens is 384 g/mol. The molecule has 0 spiro atoms. The highest BCUT2D eigenvalue weighted by molar-refractivity contribution is 6.22. The molecule has 0 atom stereocenters. The van der Waals surface area contributed by atoms with Crippen molar-refractivity contribution in [2.45, 2.75) is 58.9 Å². The Morgan fingerprint density at radius 3 is 2.43 bits per heavy atom. The second-order valence-corrected chi connectivity index (χ2v) is 8.81. The first-order valence-corrected chi connectivity index (χ1v) is 10.7. The third-order valence-corrected chi connectivity index (χ3v) is 5.85. The lowest BCUT2D eigenvalue weighted by Crippen LogP contribution is -2.39. The first kappa shape index (κ1) is 22.0. The van der Waals surface area contributed by atoms with E-state index >= 15 is 0 Å². The van der Waals surface area contributed by atoms with Crippen LogP contribution in [0.3, 0.4) is 0 Å². The molecule has 0 saturated heterocycles. The van der Waals surface area contributed by atoms with Crippen molar-refractivity contribution in [3.05, 3.63) is 34.9 Å². The van der Waals surface area contributed by atoms with Crippen LogP contribution in [0.4, 0.5) is 0 Å². The van der Waals surface area contributed by atoms with E-state index in [1.807, 2.05) is 13.8 Å². The minimum Gasteiger partial charge on any atom is -0.452 e. The normalized spacial score (nSPS) is 21.0. The maximum absolute atomic E-state index is 12.6. The molecule has 1 heterocycles. The summed E-state index contributed by atoms with van der Waals surface area (Å²) < 4.78 is 5.12. The topological polar surface area (TPSA) is 92.8 Å². The Bertz CT molecular complexity index is 840. The molecule has 3 amide bonds. The number of benzene rings is 1. The van der Waals surface area contributed by atoms with E-state index in [4.69, 9.17) is 4.74 Å². The molecule has 0 bridgehead atoms. The van der Waals surface area contributed by atoms with Crippen LogP contribution < -0.4 is 5.32 Å². The van der Waals surface area contributed by atoms with Gasteiger partial charge in [0.15, 0.2) is 6.61 Å². The number of carbonyl (C=O) groups excluding carboxylic acids is 4. The second kappa shape index (κ2) is 9.41. The summed E-state index contributed by atoms with van der Waals surface area (Å²) in [6.45, 7) is 6.24. The van der Waals surface area contributed by atoms with Crippen molar-refractivity contribution in [3.63, 3.8) is 0 Å². The Hall–Kier alpha value is -2.70. The molecule has 7 nitrogen and oxygen atoms in total. The molecule has 2 aliphatic rings. The zero-order chi connectivity index (χ0) is 21.8. The maximum Gasteiger partial charge on any atom is 0.338 e. The average Bonchev–Trinajstić information content (AvgIpc) is 2.96. The van der Waals surface area contributed by atoms with Gasteiger partial charge in [-0.15, -0.1) is 0 Å². The second-order valence-electron chi connectivity index (χ2n) is 8.81. The number of imide groups is 1. The van der Waals surface area contributed by atoms with Gasteiger partial charge in [0, 0.05) is 12.6 Å². The predicted octanol–water partition coefficient (Wildman–Crippen LogP) is 3.18. The summed E-state index contributed by atoms with van der Waals surface area (Å²) in [7, 11) is 0. The van der Waals surface area contributed by atoms with Crippen LogP contribution in [0, 0.1) is 11.8 Å². The lowest BCUT2D eigenvalue weighted by Gasteiger charge is -2.26. The number of hydrogen-bond acceptors (Lipinski definition) is 5. The minimum atomic E-state index is -0.689. The summed E-state index contributed by atoms with van der Waals surface area (Å²) >= 11 is 0. The number of ether oxygens (including phenoxy) is 1. The zero-order valence-corrected chi connectivity index (χ0v) is 17.9. The van der Waals surface area contributed by atoms with Gasteiger partial charge in [0.25, 0.3) is 17.7 Å². The molecule has 0 unspecified atom stereocenters. The van der Waals surface area contributed by atoms with Gasteiger partial charge in [-0.1, -0.05) is 20.8 Å². The Morgan fingerprint density at radius 1 is 1.10 bits per heavy atom. The number of nitrogens with one attached hydrogen (secondary N) is 1. The molecule has 162 valence electrons. The van der Waals surface area contributed by atoms with Crippen LogP contribution in [0.2, 0.25) is 0 Å². The highest BCUT2D eigenvalue weighted by Crippen LogP contribution is 2.25. The van der Waals surface area contributed by atoms with Gasteiger partial charge in [-0.2, -0.15) is 0 Å². The number of carbonyl (C=O) groups is 4. The van der Waals surface area contributed by atoms with Crippen LogP contribution in [-0.2, 0) is 9.53 Å². The van der Waals surface area contributed by atoms with E-state index in [0.717, 1.165) is 32.1 Å². The first-order chi connectivity index (χ1) is 14.3. The lowest BCUT2D eigenvalue weighted by atomic mass is 9.87. The summed E-state index contributed by atoms with van der Waals surface area (Å²) in [5.74, 6) is -0.692. The van der Waals surface area contributed by atoms with E-state index in [2.05, 4.69) is 12.2 Å². The molecule has 1 fully saturated rings. The van der Waals surface area contributed by atoms with E-state index in [-0.39, 0.29) is 35.6 Å². The highest BCUT2D eigenvalue weighted by atomic mass is 16.5. The molecule has 1 aromatic carbocycles. The number of amides is 3. The van der Waals surface area contributed by atoms with Gasteiger partial charge in [-0.25, -0.2) is 4.79 Å². The Kier molecular flexibility index (Phi) is 6.90. The quantitative estimate of drug-likeness (QED) is 0.546. The molecule has 3 rings (SSSR count). The third-order valence-electron chi connectivity index (χ3n) is 5.85. The minimum absolute atomic E-state index is 0.132. The van der Waals surface area contributed by atoms with Crippen LogP contribution in [0.5, 0.6) is 0 Å². The molecule has 1 aliphatic carbocycles. The van der Waals surface area contributed by atoms with Crippen molar-refractivity contribution in [2.75, 3.05) is 13.2 Å². The number of rotatable bonds is 7. The summed E-state index contributed by atoms with van der Waals surface area (Å²) in [4.78, 5) is 50.7. The predicted molar refractivity (Wildman–Crippen MR) is 111 cm³/mol. The Labute approximate surface area is 177 Å². The molecule has 0 aromatic heterocycles. The van der Waals surface area contributed by atoms with Crippen molar-refractivity contribution in [3.8, 4) is 0 Å². The monoisotopic (exact) mass is 414 g/mol. The standard InChI is InChI=1S/C23H30N2O5/c1-14(2)10-11-25-21(27)18-9-6-16(12-19(18)22(25)28)23(29)30-13-20(26)24-17-7-4-15(3)5-8-17/h6,9,12,14-15,17H,4-5,7-8,10-11,13H2,1-3H3,(H,24,26). The molecule has 7 heteroatoms. The van der Waals surface area contributed by atoms with E-state index in [9.17, 15) is 19.2 Å². The summed E-state index contributed by atoms with van der Waals surface area (Å²) in [5, 5.41) is 2.91. The van der Waals surface area contributed by atoms with Gasteiger partial charge < -0.3 is 10.1 Å². The number of hydrogen-bond donors (Lipinski definition) is 1. The number of esters is 1. The van der Waals surface area contributed by atoms with Crippen LogP contribution >= 0.6 is 0 Å². The fourth-order valence-corrected chi connectivity index (χ4v) is 3.90. The first-order valence-electron chi connectivity index (χ1n) is 10.7. The summed E-state index contributed by atoms with van der Waals surface area (Å²) in [6.07, 6.45) is 4.77. The molecule has 1 aromatic rings. The van der Waals surface area contributed by atoms with Gasteiger partial charge in [0.1, 0.15) is 0 Å². The average molecular weight is 415 g/mol. The van der Waals surface area contributed by atoms with E-state index < -0.39 is 11.9 Å². The van der Waals surface area contributed by atoms with Gasteiger partial charge in [-0.05, 0) is 62.1 Å². The van der Waals surface area contributed by atoms with Crippen LogP contribution in [0.25, 0.3) is 0 Å². The zero-order valence-electron chi connectivity index (χ0n) is 17.9. The molecular formula is C23H30N2O5. The van der Waals surface area contributed by atoms with Crippen LogP contribution in [-0.4, -0.2) is 47.8 Å². The van der Waals surface area contributed by atoms with Gasteiger partial charge in [0.05, 0.1) is 16.7 Å². The van der Waals surface area contributed by atoms with Crippen molar-refractivity contribution in [1.82, 2.24) is 10.2 Å². The Morgan fingerprint density at radius 2 is 1.77 bits per heavy atom. The van der Waals surface area contributed by atoms with E-state index in [1.54, 1.807) is 0 Å². The molecule has 30 heavy (non-hydrogen) atoms. The van der Waals surface area contributed by atoms with Crippen molar-refractivity contribution < 1.29 is 23.9 Å². The molecule has 1 N–H and O–H groups in total. The highest BCUT2D eigenvalue weighted by Gasteiger charge is 2.35. The number of nitrogens with zero attached hydrogens (tertiary/aromatic N) is 1. The van der Waals surface area contributed by atoms with Crippen molar-refractivity contribution in [1.29, 1.82) is 0 Å². The lowest BCUT2D eigenvalue weighted by molar-refractivity contribution is -0.125. The van der Waals surface area contributed by atoms with Crippen LogP contribution in [0.15, 0.2) is 18.2 Å². The van der Waals surface area contributed by atoms with Crippen molar-refractivity contribution >= 4 is 23.7 Å². The van der Waals surface area contributed by atoms with Gasteiger partial charge in [0.2, 0.25) is 0 Å². The summed E-state index contributed by atoms with van der Waals surface area (Å²) in [6, 6.07) is 4.45. The smallest absolute Gasteiger partial charge is 0.338 e. The molecule has 1 aliphatic heterocycles. The van der Waals surface area contributed by atoms with E-state index in [0.29, 0.717) is 23.9 Å². The van der Waals surface area contributed by atoms with Crippen molar-refractivity contribution in [2.24, 2.45) is 11.8 Å². The summed E-state index contributed by atoms with van der Waals surface area (Å²) in [5.41, 5.74) is 0.656. The largest absolute Gasteiger partial charge is 0.452 e. The van der Waals surface area contributed by atoms with E-state index in [1.165, 1.54) is 23.1 Å². The van der Waals surface area contributed by atoms with Gasteiger partial charge >= 0.3 is 5.97 Å². The fraction of sp³-hybridized carbons (Fsp3) is 0.565. The Balaban J connectivity index is 1.56. The molecule has 1 saturated carbocycles. The SMILES string of the molecule is CC(C)CCN1C(=O)c2ccc(C(=O)OCC(=O)NC3CCC(C)CC3)cc2C1=O. The molecule has 0 radical (unpaired) electrons. The number of fused-ring (bicyclic) bond motifs is 1.